The van der Waals surface area contributed by atoms with Crippen molar-refractivity contribution < 1.29 is 9.90 Å². The summed E-state index contributed by atoms with van der Waals surface area (Å²) < 4.78 is 2.07. The van der Waals surface area contributed by atoms with E-state index in [-0.39, 0.29) is 11.9 Å². The van der Waals surface area contributed by atoms with E-state index in [0.29, 0.717) is 0 Å². The molecule has 0 bridgehead atoms. The van der Waals surface area contributed by atoms with Crippen LogP contribution in [0.1, 0.15) is 44.1 Å². The molecule has 0 spiro atoms. The molecule has 4 heteroatoms. The number of benzene rings is 1. The largest absolute Gasteiger partial charge is 0.388 e. The van der Waals surface area contributed by atoms with Crippen molar-refractivity contribution in [3.8, 4) is 0 Å². The van der Waals surface area contributed by atoms with Gasteiger partial charge in [0, 0.05) is 24.0 Å². The summed E-state index contributed by atoms with van der Waals surface area (Å²) in [5.74, 6) is 0.0303. The summed E-state index contributed by atoms with van der Waals surface area (Å²) in [6.07, 6.45) is 1.81. The van der Waals surface area contributed by atoms with E-state index in [9.17, 15) is 9.90 Å². The average molecular weight is 300 g/mol. The summed E-state index contributed by atoms with van der Waals surface area (Å²) in [7, 11) is 0. The normalized spacial score (nSPS) is 19.1. The van der Waals surface area contributed by atoms with Crippen LogP contribution in [-0.2, 0) is 6.54 Å². The summed E-state index contributed by atoms with van der Waals surface area (Å²) in [4.78, 5) is 14.9. The van der Waals surface area contributed by atoms with Crippen LogP contribution in [0.5, 0.6) is 0 Å². The molecule has 1 amide bonds. The van der Waals surface area contributed by atoms with Crippen LogP contribution in [0, 0.1) is 0 Å². The molecule has 1 unspecified atom stereocenters. The van der Waals surface area contributed by atoms with Crippen LogP contribution in [0.15, 0.2) is 30.3 Å². The van der Waals surface area contributed by atoms with Crippen molar-refractivity contribution in [3.05, 3.63) is 36.0 Å². The van der Waals surface area contributed by atoms with E-state index in [1.807, 2.05) is 35.2 Å². The lowest BCUT2D eigenvalue weighted by Gasteiger charge is -2.34. The molecular formula is C18H24N2O2. The first-order valence-corrected chi connectivity index (χ1v) is 8.05. The van der Waals surface area contributed by atoms with Crippen LogP contribution in [0.4, 0.5) is 0 Å². The lowest BCUT2D eigenvalue weighted by Crippen LogP contribution is -2.48. The third-order valence-electron chi connectivity index (χ3n) is 4.68. The van der Waals surface area contributed by atoms with Crippen LogP contribution < -0.4 is 0 Å². The van der Waals surface area contributed by atoms with Gasteiger partial charge < -0.3 is 14.6 Å². The zero-order chi connectivity index (χ0) is 15.9. The van der Waals surface area contributed by atoms with E-state index < -0.39 is 5.60 Å². The SMILES string of the molecule is CCn1c(C(=O)N2CCCC2C(C)(C)O)cc2ccccc21. The Labute approximate surface area is 131 Å². The number of amides is 1. The Morgan fingerprint density at radius 2 is 2.09 bits per heavy atom. The molecule has 118 valence electrons. The monoisotopic (exact) mass is 300 g/mol. The predicted octanol–water partition coefficient (Wildman–Crippen LogP) is 3.04. The Balaban J connectivity index is 2.02. The Morgan fingerprint density at radius 3 is 2.77 bits per heavy atom. The van der Waals surface area contributed by atoms with Gasteiger partial charge in [-0.15, -0.1) is 0 Å². The Kier molecular flexibility index (Phi) is 3.73. The molecule has 1 aromatic heterocycles. The number of rotatable bonds is 3. The fraction of sp³-hybridized carbons (Fsp3) is 0.500. The average Bonchev–Trinajstić information content (AvgIpc) is 3.10. The lowest BCUT2D eigenvalue weighted by molar-refractivity contribution is -0.0000299. The summed E-state index contributed by atoms with van der Waals surface area (Å²) in [5, 5.41) is 11.4. The molecule has 0 saturated carbocycles. The number of fused-ring (bicyclic) bond motifs is 1. The van der Waals surface area contributed by atoms with Gasteiger partial charge in [-0.05, 0) is 45.7 Å². The highest BCUT2D eigenvalue weighted by Crippen LogP contribution is 2.29. The third kappa shape index (κ3) is 2.41. The maximum atomic E-state index is 13.0. The van der Waals surface area contributed by atoms with Crippen LogP contribution in [0.3, 0.4) is 0 Å². The number of aryl methyl sites for hydroxylation is 1. The van der Waals surface area contributed by atoms with Crippen LogP contribution in [0.2, 0.25) is 0 Å². The zero-order valence-corrected chi connectivity index (χ0v) is 13.5. The second-order valence-electron chi connectivity index (χ2n) is 6.64. The van der Waals surface area contributed by atoms with Gasteiger partial charge >= 0.3 is 0 Å². The lowest BCUT2D eigenvalue weighted by atomic mass is 9.96. The second kappa shape index (κ2) is 5.43. The first kappa shape index (κ1) is 15.1. The summed E-state index contributed by atoms with van der Waals surface area (Å²) in [6.45, 7) is 7.12. The number of carbonyl (C=O) groups is 1. The first-order chi connectivity index (χ1) is 10.4. The standard InChI is InChI=1S/C18H24N2O2/c1-4-19-14-9-6-5-8-13(14)12-15(19)17(21)20-11-7-10-16(20)18(2,3)22/h5-6,8-9,12,16,22H,4,7,10-11H2,1-3H3. The van der Waals surface area contributed by atoms with E-state index in [2.05, 4.69) is 11.5 Å². The molecular weight excluding hydrogens is 276 g/mol. The van der Waals surface area contributed by atoms with Crippen molar-refractivity contribution in [3.63, 3.8) is 0 Å². The van der Waals surface area contributed by atoms with Crippen LogP contribution in [0.25, 0.3) is 10.9 Å². The van der Waals surface area contributed by atoms with Gasteiger partial charge in [0.1, 0.15) is 5.69 Å². The number of aromatic nitrogens is 1. The topological polar surface area (TPSA) is 45.5 Å². The highest BCUT2D eigenvalue weighted by molar-refractivity contribution is 5.99. The molecule has 2 heterocycles. The van der Waals surface area contributed by atoms with Crippen molar-refractivity contribution in [1.29, 1.82) is 0 Å². The summed E-state index contributed by atoms with van der Waals surface area (Å²) >= 11 is 0. The number of hydrogen-bond donors (Lipinski definition) is 1. The van der Waals surface area contributed by atoms with E-state index >= 15 is 0 Å². The highest BCUT2D eigenvalue weighted by atomic mass is 16.3. The minimum Gasteiger partial charge on any atom is -0.388 e. The van der Waals surface area contributed by atoms with Gasteiger partial charge in [0.05, 0.1) is 11.6 Å². The fourth-order valence-corrected chi connectivity index (χ4v) is 3.62. The highest BCUT2D eigenvalue weighted by Gasteiger charge is 2.39. The zero-order valence-electron chi connectivity index (χ0n) is 13.5. The van der Waals surface area contributed by atoms with Gasteiger partial charge in [-0.25, -0.2) is 0 Å². The minimum absolute atomic E-state index is 0.0303. The first-order valence-electron chi connectivity index (χ1n) is 8.05. The molecule has 4 nitrogen and oxygen atoms in total. The smallest absolute Gasteiger partial charge is 0.270 e. The van der Waals surface area contributed by atoms with Crippen molar-refractivity contribution in [2.45, 2.75) is 51.8 Å². The van der Waals surface area contributed by atoms with E-state index in [1.165, 1.54) is 0 Å². The molecule has 1 aromatic carbocycles. The summed E-state index contributed by atoms with van der Waals surface area (Å²) in [5.41, 5.74) is 0.946. The second-order valence-corrected chi connectivity index (χ2v) is 6.64. The molecule has 1 atom stereocenters. The van der Waals surface area contributed by atoms with Gasteiger partial charge in [0.2, 0.25) is 0 Å². The van der Waals surface area contributed by atoms with Gasteiger partial charge in [0.25, 0.3) is 5.91 Å². The molecule has 1 fully saturated rings. The number of para-hydroxylation sites is 1. The molecule has 3 rings (SSSR count). The number of carbonyl (C=O) groups excluding carboxylic acids is 1. The number of hydrogen-bond acceptors (Lipinski definition) is 2. The molecule has 1 aliphatic heterocycles. The molecule has 1 aliphatic rings. The molecule has 1 N–H and O–H groups in total. The number of likely N-dealkylation sites (tertiary alicyclic amines) is 1. The maximum Gasteiger partial charge on any atom is 0.270 e. The molecule has 22 heavy (non-hydrogen) atoms. The fourth-order valence-electron chi connectivity index (χ4n) is 3.62. The van der Waals surface area contributed by atoms with Crippen LogP contribution in [-0.4, -0.2) is 38.7 Å². The van der Waals surface area contributed by atoms with E-state index in [1.54, 1.807) is 13.8 Å². The predicted molar refractivity (Wildman–Crippen MR) is 88.0 cm³/mol. The van der Waals surface area contributed by atoms with Crippen LogP contribution >= 0.6 is 0 Å². The van der Waals surface area contributed by atoms with Gasteiger partial charge in [-0.1, -0.05) is 18.2 Å². The Bertz CT molecular complexity index is 697. The van der Waals surface area contributed by atoms with E-state index in [0.717, 1.165) is 42.5 Å². The van der Waals surface area contributed by atoms with Crippen molar-refractivity contribution in [1.82, 2.24) is 9.47 Å². The van der Waals surface area contributed by atoms with Gasteiger partial charge in [0.15, 0.2) is 0 Å². The number of nitrogens with zero attached hydrogens (tertiary/aromatic N) is 2. The maximum absolute atomic E-state index is 13.0. The van der Waals surface area contributed by atoms with Gasteiger partial charge in [-0.3, -0.25) is 4.79 Å². The van der Waals surface area contributed by atoms with Gasteiger partial charge in [-0.2, -0.15) is 0 Å². The molecule has 0 radical (unpaired) electrons. The Morgan fingerprint density at radius 1 is 1.36 bits per heavy atom. The molecule has 1 saturated heterocycles. The van der Waals surface area contributed by atoms with Crippen molar-refractivity contribution in [2.24, 2.45) is 0 Å². The molecule has 2 aromatic rings. The minimum atomic E-state index is -0.866. The van der Waals surface area contributed by atoms with Crippen molar-refractivity contribution >= 4 is 16.8 Å². The van der Waals surface area contributed by atoms with Crippen molar-refractivity contribution in [2.75, 3.05) is 6.54 Å². The quantitative estimate of drug-likeness (QED) is 0.947. The molecule has 0 aliphatic carbocycles. The summed E-state index contributed by atoms with van der Waals surface area (Å²) in [6, 6.07) is 9.94. The Hall–Kier alpha value is -1.81. The van der Waals surface area contributed by atoms with E-state index in [4.69, 9.17) is 0 Å². The number of aliphatic hydroxyl groups is 1. The third-order valence-corrected chi connectivity index (χ3v) is 4.68.